The average Bonchev–Trinajstić information content (AvgIpc) is 2.24. The summed E-state index contributed by atoms with van der Waals surface area (Å²) in [6.45, 7) is 4.89. The SMILES string of the molecule is Cc1ccncc1C(C)NCC1(O)CCC1. The molecule has 1 unspecified atom stereocenters. The summed E-state index contributed by atoms with van der Waals surface area (Å²) in [5, 5.41) is 13.4. The number of pyridine rings is 1. The van der Waals surface area contributed by atoms with Crippen molar-refractivity contribution in [2.24, 2.45) is 0 Å². The van der Waals surface area contributed by atoms with E-state index in [0.29, 0.717) is 6.54 Å². The first-order chi connectivity index (χ1) is 7.61. The van der Waals surface area contributed by atoms with Crippen LogP contribution in [0, 0.1) is 6.92 Å². The minimum Gasteiger partial charge on any atom is -0.389 e. The van der Waals surface area contributed by atoms with E-state index in [1.807, 2.05) is 18.5 Å². The van der Waals surface area contributed by atoms with Crippen molar-refractivity contribution in [1.29, 1.82) is 0 Å². The number of hydrogen-bond donors (Lipinski definition) is 2. The van der Waals surface area contributed by atoms with Crippen molar-refractivity contribution in [2.45, 2.75) is 44.8 Å². The van der Waals surface area contributed by atoms with Gasteiger partial charge in [0.1, 0.15) is 0 Å². The molecule has 0 amide bonds. The van der Waals surface area contributed by atoms with E-state index < -0.39 is 5.60 Å². The zero-order valence-corrected chi connectivity index (χ0v) is 10.0. The summed E-state index contributed by atoms with van der Waals surface area (Å²) in [5.74, 6) is 0. The van der Waals surface area contributed by atoms with Crippen LogP contribution >= 0.6 is 0 Å². The van der Waals surface area contributed by atoms with Gasteiger partial charge in [-0.1, -0.05) is 0 Å². The highest BCUT2D eigenvalue weighted by atomic mass is 16.3. The van der Waals surface area contributed by atoms with Crippen LogP contribution < -0.4 is 5.32 Å². The maximum atomic E-state index is 10.00. The Labute approximate surface area is 96.9 Å². The van der Waals surface area contributed by atoms with Crippen LogP contribution in [-0.2, 0) is 0 Å². The second kappa shape index (κ2) is 4.52. The van der Waals surface area contributed by atoms with Crippen LogP contribution in [0.3, 0.4) is 0 Å². The first-order valence-corrected chi connectivity index (χ1v) is 5.97. The van der Waals surface area contributed by atoms with Gasteiger partial charge in [0.25, 0.3) is 0 Å². The van der Waals surface area contributed by atoms with Crippen LogP contribution in [0.5, 0.6) is 0 Å². The van der Waals surface area contributed by atoms with Crippen molar-refractivity contribution in [3.05, 3.63) is 29.6 Å². The van der Waals surface area contributed by atoms with Gasteiger partial charge in [-0.15, -0.1) is 0 Å². The number of hydrogen-bond acceptors (Lipinski definition) is 3. The van der Waals surface area contributed by atoms with Gasteiger partial charge in [0.2, 0.25) is 0 Å². The zero-order chi connectivity index (χ0) is 11.6. The molecule has 0 spiro atoms. The van der Waals surface area contributed by atoms with Crippen molar-refractivity contribution in [3.8, 4) is 0 Å². The first-order valence-electron chi connectivity index (χ1n) is 5.97. The number of nitrogens with zero attached hydrogens (tertiary/aromatic N) is 1. The molecular weight excluding hydrogens is 200 g/mol. The Morgan fingerprint density at radius 2 is 2.31 bits per heavy atom. The summed E-state index contributed by atoms with van der Waals surface area (Å²) in [7, 11) is 0. The molecule has 1 aliphatic rings. The minimum absolute atomic E-state index is 0.248. The number of nitrogens with one attached hydrogen (secondary N) is 1. The molecule has 0 aliphatic heterocycles. The van der Waals surface area contributed by atoms with E-state index in [4.69, 9.17) is 0 Å². The van der Waals surface area contributed by atoms with Gasteiger partial charge in [0.05, 0.1) is 5.60 Å². The Hall–Kier alpha value is -0.930. The Morgan fingerprint density at radius 3 is 2.88 bits per heavy atom. The Kier molecular flexibility index (Phi) is 3.26. The highest BCUT2D eigenvalue weighted by Gasteiger charge is 2.34. The van der Waals surface area contributed by atoms with Gasteiger partial charge in [0, 0.05) is 25.0 Å². The van der Waals surface area contributed by atoms with E-state index in [2.05, 4.69) is 24.1 Å². The molecule has 3 heteroatoms. The molecule has 3 nitrogen and oxygen atoms in total. The normalized spacial score (nSPS) is 20.2. The summed E-state index contributed by atoms with van der Waals surface area (Å²) >= 11 is 0. The first kappa shape index (κ1) is 11.6. The lowest BCUT2D eigenvalue weighted by atomic mass is 9.80. The van der Waals surface area contributed by atoms with Crippen LogP contribution in [0.2, 0.25) is 0 Å². The van der Waals surface area contributed by atoms with Crippen molar-refractivity contribution < 1.29 is 5.11 Å². The molecule has 1 atom stereocenters. The summed E-state index contributed by atoms with van der Waals surface area (Å²) in [4.78, 5) is 4.14. The molecule has 1 aromatic rings. The van der Waals surface area contributed by atoms with Gasteiger partial charge >= 0.3 is 0 Å². The third-order valence-corrected chi connectivity index (χ3v) is 3.57. The minimum atomic E-state index is -0.454. The second-order valence-electron chi connectivity index (χ2n) is 4.91. The molecule has 0 bridgehead atoms. The van der Waals surface area contributed by atoms with E-state index >= 15 is 0 Å². The molecule has 1 fully saturated rings. The number of aliphatic hydroxyl groups is 1. The highest BCUT2D eigenvalue weighted by molar-refractivity contribution is 5.24. The second-order valence-corrected chi connectivity index (χ2v) is 4.91. The van der Waals surface area contributed by atoms with E-state index in [9.17, 15) is 5.11 Å². The summed E-state index contributed by atoms with van der Waals surface area (Å²) in [6, 6.07) is 2.27. The summed E-state index contributed by atoms with van der Waals surface area (Å²) < 4.78 is 0. The molecule has 2 rings (SSSR count). The van der Waals surface area contributed by atoms with E-state index in [1.54, 1.807) is 0 Å². The van der Waals surface area contributed by atoms with Crippen LogP contribution in [-0.4, -0.2) is 22.2 Å². The standard InChI is InChI=1S/C13H20N2O/c1-10-4-7-14-8-12(10)11(2)15-9-13(16)5-3-6-13/h4,7-8,11,15-16H,3,5-6,9H2,1-2H3. The van der Waals surface area contributed by atoms with Gasteiger partial charge in [-0.3, -0.25) is 4.98 Å². The van der Waals surface area contributed by atoms with Gasteiger partial charge in [-0.2, -0.15) is 0 Å². The number of aryl methyl sites for hydroxylation is 1. The summed E-state index contributed by atoms with van der Waals surface area (Å²) in [5.41, 5.74) is 2.01. The molecule has 88 valence electrons. The molecule has 1 saturated carbocycles. The summed E-state index contributed by atoms with van der Waals surface area (Å²) in [6.07, 6.45) is 6.72. The Bertz CT molecular complexity index is 361. The smallest absolute Gasteiger partial charge is 0.0771 e. The molecule has 16 heavy (non-hydrogen) atoms. The number of rotatable bonds is 4. The van der Waals surface area contributed by atoms with E-state index in [1.165, 1.54) is 11.1 Å². The van der Waals surface area contributed by atoms with Crippen LogP contribution in [0.1, 0.15) is 43.4 Å². The molecular formula is C13H20N2O. The Morgan fingerprint density at radius 1 is 1.56 bits per heavy atom. The fourth-order valence-corrected chi connectivity index (χ4v) is 2.14. The molecule has 0 radical (unpaired) electrons. The third kappa shape index (κ3) is 2.42. The van der Waals surface area contributed by atoms with Crippen molar-refractivity contribution in [2.75, 3.05) is 6.54 Å². The third-order valence-electron chi connectivity index (χ3n) is 3.57. The van der Waals surface area contributed by atoms with Crippen LogP contribution in [0.25, 0.3) is 0 Å². The van der Waals surface area contributed by atoms with E-state index in [0.717, 1.165) is 19.3 Å². The fraction of sp³-hybridized carbons (Fsp3) is 0.615. The number of aromatic nitrogens is 1. The van der Waals surface area contributed by atoms with Gasteiger partial charge in [-0.05, 0) is 50.3 Å². The van der Waals surface area contributed by atoms with Crippen molar-refractivity contribution in [1.82, 2.24) is 10.3 Å². The van der Waals surface area contributed by atoms with Gasteiger partial charge in [-0.25, -0.2) is 0 Å². The lowest BCUT2D eigenvalue weighted by Gasteiger charge is -2.37. The molecule has 0 aromatic carbocycles. The topological polar surface area (TPSA) is 45.2 Å². The maximum Gasteiger partial charge on any atom is 0.0771 e. The molecule has 1 aromatic heterocycles. The Balaban J connectivity index is 1.93. The average molecular weight is 220 g/mol. The van der Waals surface area contributed by atoms with Gasteiger partial charge < -0.3 is 10.4 Å². The lowest BCUT2D eigenvalue weighted by molar-refractivity contribution is -0.0329. The predicted octanol–water partition coefficient (Wildman–Crippen LogP) is 1.96. The van der Waals surface area contributed by atoms with Crippen LogP contribution in [0.15, 0.2) is 18.5 Å². The largest absolute Gasteiger partial charge is 0.389 e. The maximum absolute atomic E-state index is 10.00. The van der Waals surface area contributed by atoms with E-state index in [-0.39, 0.29) is 6.04 Å². The lowest BCUT2D eigenvalue weighted by Crippen LogP contribution is -2.46. The van der Waals surface area contributed by atoms with Crippen molar-refractivity contribution in [3.63, 3.8) is 0 Å². The quantitative estimate of drug-likeness (QED) is 0.815. The van der Waals surface area contributed by atoms with Gasteiger partial charge in [0.15, 0.2) is 0 Å². The monoisotopic (exact) mass is 220 g/mol. The molecule has 2 N–H and O–H groups in total. The van der Waals surface area contributed by atoms with Crippen molar-refractivity contribution >= 4 is 0 Å². The predicted molar refractivity (Wildman–Crippen MR) is 64.2 cm³/mol. The highest BCUT2D eigenvalue weighted by Crippen LogP contribution is 2.31. The molecule has 1 heterocycles. The fourth-order valence-electron chi connectivity index (χ4n) is 2.14. The zero-order valence-electron chi connectivity index (χ0n) is 10.0. The molecule has 1 aliphatic carbocycles. The van der Waals surface area contributed by atoms with Crippen LogP contribution in [0.4, 0.5) is 0 Å². The molecule has 0 saturated heterocycles.